The van der Waals surface area contributed by atoms with E-state index in [2.05, 4.69) is 17.1 Å². The SMILES string of the molecule is CCCCCc1nc(-c2cccs2)no1. The summed E-state index contributed by atoms with van der Waals surface area (Å²) >= 11 is 1.63. The molecular weight excluding hydrogens is 208 g/mol. The van der Waals surface area contributed by atoms with Gasteiger partial charge in [0.25, 0.3) is 0 Å². The lowest BCUT2D eigenvalue weighted by Gasteiger charge is -1.91. The Morgan fingerprint density at radius 2 is 2.33 bits per heavy atom. The standard InChI is InChI=1S/C11H14N2OS/c1-2-3-4-7-10-12-11(13-14-10)9-6-5-8-15-9/h5-6,8H,2-4,7H2,1H3. The molecule has 2 rings (SSSR count). The Hall–Kier alpha value is -1.16. The summed E-state index contributed by atoms with van der Waals surface area (Å²) in [7, 11) is 0. The Bertz CT molecular complexity index is 394. The number of aromatic nitrogens is 2. The molecule has 4 heteroatoms. The summed E-state index contributed by atoms with van der Waals surface area (Å²) in [6.45, 7) is 2.19. The van der Waals surface area contributed by atoms with Gasteiger partial charge in [0.05, 0.1) is 4.88 Å². The average molecular weight is 222 g/mol. The van der Waals surface area contributed by atoms with Crippen LogP contribution in [0.5, 0.6) is 0 Å². The van der Waals surface area contributed by atoms with Gasteiger partial charge in [-0.3, -0.25) is 0 Å². The topological polar surface area (TPSA) is 38.9 Å². The van der Waals surface area contributed by atoms with Crippen molar-refractivity contribution < 1.29 is 4.52 Å². The van der Waals surface area contributed by atoms with Gasteiger partial charge in [-0.1, -0.05) is 31.0 Å². The Labute approximate surface area is 93.1 Å². The second kappa shape index (κ2) is 5.07. The van der Waals surface area contributed by atoms with Crippen LogP contribution < -0.4 is 0 Å². The fourth-order valence-electron chi connectivity index (χ4n) is 1.39. The Morgan fingerprint density at radius 3 is 3.07 bits per heavy atom. The van der Waals surface area contributed by atoms with Gasteiger partial charge in [-0.05, 0) is 17.9 Å². The third-order valence-corrected chi connectivity index (χ3v) is 3.07. The van der Waals surface area contributed by atoms with Crippen LogP contribution in [0, 0.1) is 0 Å². The Balaban J connectivity index is 1.98. The van der Waals surface area contributed by atoms with Crippen molar-refractivity contribution in [2.75, 3.05) is 0 Å². The second-order valence-electron chi connectivity index (χ2n) is 3.45. The van der Waals surface area contributed by atoms with Crippen molar-refractivity contribution in [1.82, 2.24) is 10.1 Å². The number of unbranched alkanes of at least 4 members (excludes halogenated alkanes) is 2. The summed E-state index contributed by atoms with van der Waals surface area (Å²) in [4.78, 5) is 5.43. The van der Waals surface area contributed by atoms with Gasteiger partial charge in [0, 0.05) is 6.42 Å². The molecule has 0 atom stereocenters. The molecule has 0 bridgehead atoms. The summed E-state index contributed by atoms with van der Waals surface area (Å²) in [5, 5.41) is 5.98. The number of aryl methyl sites for hydroxylation is 1. The quantitative estimate of drug-likeness (QED) is 0.726. The van der Waals surface area contributed by atoms with Crippen molar-refractivity contribution >= 4 is 11.3 Å². The molecule has 2 aromatic heterocycles. The van der Waals surface area contributed by atoms with Crippen molar-refractivity contribution in [2.45, 2.75) is 32.6 Å². The monoisotopic (exact) mass is 222 g/mol. The lowest BCUT2D eigenvalue weighted by molar-refractivity contribution is 0.374. The van der Waals surface area contributed by atoms with E-state index in [0.717, 1.165) is 29.4 Å². The molecule has 0 aliphatic heterocycles. The molecule has 0 aromatic carbocycles. The molecule has 0 unspecified atom stereocenters. The van der Waals surface area contributed by atoms with Gasteiger partial charge in [-0.25, -0.2) is 0 Å². The zero-order valence-corrected chi connectivity index (χ0v) is 9.59. The summed E-state index contributed by atoms with van der Waals surface area (Å²) in [6.07, 6.45) is 4.46. The molecule has 2 aromatic rings. The Morgan fingerprint density at radius 1 is 1.40 bits per heavy atom. The van der Waals surface area contributed by atoms with E-state index >= 15 is 0 Å². The van der Waals surface area contributed by atoms with E-state index in [0.29, 0.717) is 0 Å². The summed E-state index contributed by atoms with van der Waals surface area (Å²) in [6, 6.07) is 4.00. The molecule has 2 heterocycles. The van der Waals surface area contributed by atoms with Gasteiger partial charge in [0.1, 0.15) is 0 Å². The first kappa shape index (κ1) is 10.4. The van der Waals surface area contributed by atoms with E-state index in [1.165, 1.54) is 12.8 Å². The highest BCUT2D eigenvalue weighted by Crippen LogP contribution is 2.21. The largest absolute Gasteiger partial charge is 0.339 e. The van der Waals surface area contributed by atoms with Crippen molar-refractivity contribution in [1.29, 1.82) is 0 Å². The maximum Gasteiger partial charge on any atom is 0.226 e. The predicted octanol–water partition coefficient (Wildman–Crippen LogP) is 3.53. The number of thiophene rings is 1. The van der Waals surface area contributed by atoms with E-state index in [-0.39, 0.29) is 0 Å². The fraction of sp³-hybridized carbons (Fsp3) is 0.455. The van der Waals surface area contributed by atoms with Gasteiger partial charge < -0.3 is 4.52 Å². The van der Waals surface area contributed by atoms with Gasteiger partial charge >= 0.3 is 0 Å². The lowest BCUT2D eigenvalue weighted by atomic mass is 10.2. The number of nitrogens with zero attached hydrogens (tertiary/aromatic N) is 2. The summed E-state index contributed by atoms with van der Waals surface area (Å²) in [5.74, 6) is 1.48. The maximum absolute atomic E-state index is 5.18. The molecule has 0 aliphatic carbocycles. The van der Waals surface area contributed by atoms with Crippen molar-refractivity contribution in [2.24, 2.45) is 0 Å². The molecule has 15 heavy (non-hydrogen) atoms. The second-order valence-corrected chi connectivity index (χ2v) is 4.39. The molecule has 0 saturated heterocycles. The van der Waals surface area contributed by atoms with Gasteiger partial charge in [0.2, 0.25) is 11.7 Å². The molecule has 0 spiro atoms. The smallest absolute Gasteiger partial charge is 0.226 e. The molecule has 0 saturated carbocycles. The third-order valence-electron chi connectivity index (χ3n) is 2.20. The number of rotatable bonds is 5. The van der Waals surface area contributed by atoms with Crippen molar-refractivity contribution in [3.63, 3.8) is 0 Å². The molecule has 0 fully saturated rings. The maximum atomic E-state index is 5.18. The molecular formula is C11H14N2OS. The highest BCUT2D eigenvalue weighted by Gasteiger charge is 2.08. The van der Waals surface area contributed by atoms with Gasteiger partial charge in [0.15, 0.2) is 0 Å². The van der Waals surface area contributed by atoms with Gasteiger partial charge in [-0.15, -0.1) is 11.3 Å². The molecule has 3 nitrogen and oxygen atoms in total. The van der Waals surface area contributed by atoms with E-state index in [9.17, 15) is 0 Å². The van der Waals surface area contributed by atoms with E-state index in [1.54, 1.807) is 11.3 Å². The third kappa shape index (κ3) is 2.65. The fourth-order valence-corrected chi connectivity index (χ4v) is 2.04. The molecule has 0 amide bonds. The lowest BCUT2D eigenvalue weighted by Crippen LogP contribution is -1.85. The van der Waals surface area contributed by atoms with Crippen LogP contribution in [0.15, 0.2) is 22.0 Å². The van der Waals surface area contributed by atoms with Crippen molar-refractivity contribution in [3.8, 4) is 10.7 Å². The van der Waals surface area contributed by atoms with Crippen LogP contribution in [0.3, 0.4) is 0 Å². The summed E-state index contributed by atoms with van der Waals surface area (Å²) < 4.78 is 5.18. The van der Waals surface area contributed by atoms with Gasteiger partial charge in [-0.2, -0.15) is 4.98 Å². The number of hydrogen-bond donors (Lipinski definition) is 0. The zero-order valence-electron chi connectivity index (χ0n) is 8.77. The van der Waals surface area contributed by atoms with Crippen LogP contribution in [0.4, 0.5) is 0 Å². The van der Waals surface area contributed by atoms with E-state index in [1.807, 2.05) is 17.5 Å². The first-order valence-electron chi connectivity index (χ1n) is 5.26. The minimum atomic E-state index is 0.719. The Kier molecular flexibility index (Phi) is 3.50. The van der Waals surface area contributed by atoms with Crippen LogP contribution in [0.25, 0.3) is 10.7 Å². The molecule has 80 valence electrons. The first-order valence-corrected chi connectivity index (χ1v) is 6.14. The van der Waals surface area contributed by atoms with Crippen LogP contribution in [-0.4, -0.2) is 10.1 Å². The highest BCUT2D eigenvalue weighted by molar-refractivity contribution is 7.13. The van der Waals surface area contributed by atoms with Crippen LogP contribution in [0.2, 0.25) is 0 Å². The van der Waals surface area contributed by atoms with E-state index < -0.39 is 0 Å². The predicted molar refractivity (Wildman–Crippen MR) is 60.8 cm³/mol. The van der Waals surface area contributed by atoms with Crippen LogP contribution in [0.1, 0.15) is 32.1 Å². The minimum Gasteiger partial charge on any atom is -0.339 e. The molecule has 0 aliphatic rings. The van der Waals surface area contributed by atoms with E-state index in [4.69, 9.17) is 4.52 Å². The average Bonchev–Trinajstić information content (AvgIpc) is 2.87. The zero-order chi connectivity index (χ0) is 10.5. The van der Waals surface area contributed by atoms with Crippen LogP contribution >= 0.6 is 11.3 Å². The number of hydrogen-bond acceptors (Lipinski definition) is 4. The summed E-state index contributed by atoms with van der Waals surface area (Å²) in [5.41, 5.74) is 0. The molecule has 0 radical (unpaired) electrons. The highest BCUT2D eigenvalue weighted by atomic mass is 32.1. The first-order chi connectivity index (χ1) is 7.40. The normalized spacial score (nSPS) is 10.7. The minimum absolute atomic E-state index is 0.719. The van der Waals surface area contributed by atoms with Crippen LogP contribution in [-0.2, 0) is 6.42 Å². The molecule has 0 N–H and O–H groups in total. The van der Waals surface area contributed by atoms with Crippen molar-refractivity contribution in [3.05, 3.63) is 23.4 Å².